The first kappa shape index (κ1) is 14.1. The Hall–Kier alpha value is -1.88. The third-order valence-corrected chi connectivity index (χ3v) is 3.73. The van der Waals surface area contributed by atoms with Crippen LogP contribution in [0.25, 0.3) is 11.0 Å². The molecule has 1 unspecified atom stereocenters. The van der Waals surface area contributed by atoms with E-state index >= 15 is 0 Å². The monoisotopic (exact) mass is 303 g/mol. The third kappa shape index (κ3) is 2.93. The molecule has 3 rings (SSSR count). The first-order chi connectivity index (χ1) is 10.1. The number of halogens is 1. The van der Waals surface area contributed by atoms with Crippen molar-refractivity contribution < 1.29 is 0 Å². The van der Waals surface area contributed by atoms with Crippen molar-refractivity contribution in [2.45, 2.75) is 38.7 Å². The van der Waals surface area contributed by atoms with Gasteiger partial charge in [-0.1, -0.05) is 11.3 Å². The van der Waals surface area contributed by atoms with Crippen LogP contribution in [0.1, 0.15) is 30.1 Å². The van der Waals surface area contributed by atoms with Crippen molar-refractivity contribution in [2.75, 3.05) is 0 Å². The Morgan fingerprint density at radius 3 is 2.86 bits per heavy atom. The molecule has 21 heavy (non-hydrogen) atoms. The summed E-state index contributed by atoms with van der Waals surface area (Å²) in [6.45, 7) is 5.74. The summed E-state index contributed by atoms with van der Waals surface area (Å²) in [4.78, 5) is 4.68. The Labute approximate surface area is 128 Å². The molecule has 0 amide bonds. The number of rotatable bonds is 5. The fourth-order valence-electron chi connectivity index (χ4n) is 2.54. The molecule has 3 aromatic rings. The highest BCUT2D eigenvalue weighted by molar-refractivity contribution is 6.20. The number of hydrogen-bond acceptors (Lipinski definition) is 3. The first-order valence-electron chi connectivity index (χ1n) is 7.10. The standard InChI is InChI=1S/C15H18ClN5/c1-11-4-5-14-13(10-11)18-15(12(2)16)21(14)8-3-7-20-9-6-17-19-20/h4-6,9-10,12H,3,7-8H2,1-2H3. The fraction of sp³-hybridized carbons (Fsp3) is 0.400. The summed E-state index contributed by atoms with van der Waals surface area (Å²) < 4.78 is 4.05. The van der Waals surface area contributed by atoms with Crippen LogP contribution in [0, 0.1) is 6.92 Å². The molecule has 0 aliphatic heterocycles. The molecule has 5 nitrogen and oxygen atoms in total. The Morgan fingerprint density at radius 2 is 2.14 bits per heavy atom. The zero-order valence-corrected chi connectivity index (χ0v) is 13.0. The molecule has 0 saturated heterocycles. The number of aryl methyl sites for hydroxylation is 3. The minimum Gasteiger partial charge on any atom is -0.327 e. The maximum absolute atomic E-state index is 6.29. The van der Waals surface area contributed by atoms with Gasteiger partial charge in [0, 0.05) is 19.3 Å². The van der Waals surface area contributed by atoms with Crippen LogP contribution in [0.3, 0.4) is 0 Å². The van der Waals surface area contributed by atoms with Gasteiger partial charge in [0.05, 0.1) is 22.6 Å². The SMILES string of the molecule is Cc1ccc2c(c1)nc(C(C)Cl)n2CCCn1ccnn1. The molecule has 1 atom stereocenters. The van der Waals surface area contributed by atoms with E-state index in [1.165, 1.54) is 5.56 Å². The molecule has 0 saturated carbocycles. The Morgan fingerprint density at radius 1 is 1.29 bits per heavy atom. The molecule has 2 heterocycles. The maximum Gasteiger partial charge on any atom is 0.127 e. The van der Waals surface area contributed by atoms with Crippen LogP contribution < -0.4 is 0 Å². The van der Waals surface area contributed by atoms with Crippen LogP contribution in [0.5, 0.6) is 0 Å². The molecule has 0 N–H and O–H groups in total. The van der Waals surface area contributed by atoms with Crippen molar-refractivity contribution in [3.05, 3.63) is 42.0 Å². The van der Waals surface area contributed by atoms with E-state index in [0.717, 1.165) is 36.4 Å². The summed E-state index contributed by atoms with van der Waals surface area (Å²) in [5, 5.41) is 7.69. The van der Waals surface area contributed by atoms with Gasteiger partial charge in [0.1, 0.15) is 5.82 Å². The van der Waals surface area contributed by atoms with Gasteiger partial charge < -0.3 is 4.57 Å². The largest absolute Gasteiger partial charge is 0.327 e. The van der Waals surface area contributed by atoms with E-state index < -0.39 is 0 Å². The average molecular weight is 304 g/mol. The molecule has 0 radical (unpaired) electrons. The topological polar surface area (TPSA) is 48.5 Å². The lowest BCUT2D eigenvalue weighted by Crippen LogP contribution is -2.08. The molecule has 0 fully saturated rings. The highest BCUT2D eigenvalue weighted by atomic mass is 35.5. The number of fused-ring (bicyclic) bond motifs is 1. The number of benzene rings is 1. The Balaban J connectivity index is 1.86. The van der Waals surface area contributed by atoms with Crippen molar-refractivity contribution in [2.24, 2.45) is 0 Å². The normalized spacial score (nSPS) is 12.9. The molecule has 1 aromatic carbocycles. The van der Waals surface area contributed by atoms with Gasteiger partial charge in [0.15, 0.2) is 0 Å². The zero-order valence-electron chi connectivity index (χ0n) is 12.2. The van der Waals surface area contributed by atoms with Crippen molar-refractivity contribution >= 4 is 22.6 Å². The van der Waals surface area contributed by atoms with Gasteiger partial charge in [-0.2, -0.15) is 0 Å². The van der Waals surface area contributed by atoms with Crippen molar-refractivity contribution in [1.29, 1.82) is 0 Å². The summed E-state index contributed by atoms with van der Waals surface area (Å²) in [5.74, 6) is 0.927. The second-order valence-electron chi connectivity index (χ2n) is 5.25. The minimum absolute atomic E-state index is 0.107. The zero-order chi connectivity index (χ0) is 14.8. The quantitative estimate of drug-likeness (QED) is 0.679. The molecule has 2 aromatic heterocycles. The van der Waals surface area contributed by atoms with Gasteiger partial charge in [-0.3, -0.25) is 4.68 Å². The Kier molecular flexibility index (Phi) is 3.92. The van der Waals surface area contributed by atoms with Crippen LogP contribution >= 0.6 is 11.6 Å². The summed E-state index contributed by atoms with van der Waals surface area (Å²) >= 11 is 6.29. The van der Waals surface area contributed by atoms with Crippen LogP contribution in [-0.2, 0) is 13.1 Å². The maximum atomic E-state index is 6.29. The molecule has 0 bridgehead atoms. The number of aromatic nitrogens is 5. The Bertz CT molecular complexity index is 730. The van der Waals surface area contributed by atoms with Crippen LogP contribution in [0.15, 0.2) is 30.6 Å². The molecule has 0 aliphatic rings. The molecule has 6 heteroatoms. The second kappa shape index (κ2) is 5.85. The summed E-state index contributed by atoms with van der Waals surface area (Å²) in [6, 6.07) is 6.34. The van der Waals surface area contributed by atoms with Gasteiger partial charge in [-0.25, -0.2) is 4.98 Å². The first-order valence-corrected chi connectivity index (χ1v) is 7.54. The van der Waals surface area contributed by atoms with Gasteiger partial charge in [0.2, 0.25) is 0 Å². The van der Waals surface area contributed by atoms with E-state index in [4.69, 9.17) is 11.6 Å². The predicted octanol–water partition coefficient (Wildman–Crippen LogP) is 3.33. The highest BCUT2D eigenvalue weighted by Crippen LogP contribution is 2.25. The molecule has 110 valence electrons. The van der Waals surface area contributed by atoms with Gasteiger partial charge in [-0.15, -0.1) is 16.7 Å². The van der Waals surface area contributed by atoms with E-state index in [2.05, 4.69) is 45.0 Å². The van der Waals surface area contributed by atoms with Gasteiger partial charge in [-0.05, 0) is 38.0 Å². The van der Waals surface area contributed by atoms with Crippen LogP contribution in [-0.4, -0.2) is 24.5 Å². The smallest absolute Gasteiger partial charge is 0.127 e. The lowest BCUT2D eigenvalue weighted by Gasteiger charge is -2.10. The number of nitrogens with zero attached hydrogens (tertiary/aromatic N) is 5. The van der Waals surface area contributed by atoms with Crippen molar-refractivity contribution in [1.82, 2.24) is 24.5 Å². The molecule has 0 aliphatic carbocycles. The number of alkyl halides is 1. The lowest BCUT2D eigenvalue weighted by molar-refractivity contribution is 0.511. The predicted molar refractivity (Wildman–Crippen MR) is 83.4 cm³/mol. The van der Waals surface area contributed by atoms with Gasteiger partial charge >= 0.3 is 0 Å². The van der Waals surface area contributed by atoms with Gasteiger partial charge in [0.25, 0.3) is 0 Å². The van der Waals surface area contributed by atoms with E-state index in [1.54, 1.807) is 6.20 Å². The molecule has 0 spiro atoms. The number of imidazole rings is 1. The third-order valence-electron chi connectivity index (χ3n) is 3.53. The lowest BCUT2D eigenvalue weighted by atomic mass is 10.2. The van der Waals surface area contributed by atoms with E-state index in [0.29, 0.717) is 0 Å². The van der Waals surface area contributed by atoms with E-state index in [9.17, 15) is 0 Å². The van der Waals surface area contributed by atoms with Crippen LogP contribution in [0.2, 0.25) is 0 Å². The summed E-state index contributed by atoms with van der Waals surface area (Å²) in [5.41, 5.74) is 3.36. The molecular weight excluding hydrogens is 286 g/mol. The summed E-state index contributed by atoms with van der Waals surface area (Å²) in [6.07, 6.45) is 4.53. The minimum atomic E-state index is -0.107. The van der Waals surface area contributed by atoms with E-state index in [-0.39, 0.29) is 5.38 Å². The molecular formula is C15H18ClN5. The van der Waals surface area contributed by atoms with Crippen molar-refractivity contribution in [3.8, 4) is 0 Å². The highest BCUT2D eigenvalue weighted by Gasteiger charge is 2.14. The fourth-order valence-corrected chi connectivity index (χ4v) is 2.71. The van der Waals surface area contributed by atoms with Crippen molar-refractivity contribution in [3.63, 3.8) is 0 Å². The van der Waals surface area contributed by atoms with E-state index in [1.807, 2.05) is 17.8 Å². The second-order valence-corrected chi connectivity index (χ2v) is 5.90. The number of hydrogen-bond donors (Lipinski definition) is 0. The van der Waals surface area contributed by atoms with Crippen LogP contribution in [0.4, 0.5) is 0 Å². The average Bonchev–Trinajstić information content (AvgIpc) is 3.06. The summed E-state index contributed by atoms with van der Waals surface area (Å²) in [7, 11) is 0.